The number of nitrogens with zero attached hydrogens (tertiary/aromatic N) is 3. The number of hydrogen-bond donors (Lipinski definition) is 1. The molecule has 5 nitrogen and oxygen atoms in total. The molecule has 20 heavy (non-hydrogen) atoms. The zero-order chi connectivity index (χ0) is 13.9. The summed E-state index contributed by atoms with van der Waals surface area (Å²) in [5.74, 6) is -0.125. The molecule has 1 aliphatic heterocycles. The third kappa shape index (κ3) is 2.41. The molecule has 0 radical (unpaired) electrons. The molecule has 1 aromatic carbocycles. The largest absolute Gasteiger partial charge is 0.349 e. The molecule has 0 spiro atoms. The predicted octanol–water partition coefficient (Wildman–Crippen LogP) is 1.50. The molecule has 1 amide bonds. The van der Waals surface area contributed by atoms with E-state index in [1.54, 1.807) is 30.5 Å². The number of nitriles is 1. The van der Waals surface area contributed by atoms with Gasteiger partial charge in [-0.2, -0.15) is 10.4 Å². The summed E-state index contributed by atoms with van der Waals surface area (Å²) in [7, 11) is 0. The van der Waals surface area contributed by atoms with Crippen molar-refractivity contribution in [3.8, 4) is 6.07 Å². The Morgan fingerprint density at radius 2 is 2.35 bits per heavy atom. The van der Waals surface area contributed by atoms with Gasteiger partial charge in [0, 0.05) is 36.5 Å². The number of amides is 1. The number of nitrogens with one attached hydrogen (secondary N) is 1. The van der Waals surface area contributed by atoms with E-state index in [4.69, 9.17) is 5.26 Å². The summed E-state index contributed by atoms with van der Waals surface area (Å²) in [6.07, 6.45) is 3.46. The minimum atomic E-state index is -0.125. The number of carbonyl (C=O) groups excluding carboxylic acids is 1. The van der Waals surface area contributed by atoms with Gasteiger partial charge >= 0.3 is 0 Å². The van der Waals surface area contributed by atoms with Crippen molar-refractivity contribution in [1.82, 2.24) is 15.1 Å². The van der Waals surface area contributed by atoms with E-state index in [1.807, 2.05) is 16.8 Å². The van der Waals surface area contributed by atoms with Gasteiger partial charge in [0.1, 0.15) is 0 Å². The van der Waals surface area contributed by atoms with E-state index >= 15 is 0 Å². The highest BCUT2D eigenvalue weighted by Gasteiger charge is 2.20. The molecule has 2 aromatic rings. The first-order chi connectivity index (χ1) is 9.76. The standard InChI is InChI=1S/C15H14N4O/c16-10-11-2-1-3-12(8-11)15(20)18-13-5-7-19-14(9-13)4-6-17-19/h1-4,6,8,13H,5,7,9H2,(H,18,20). The second-order valence-electron chi connectivity index (χ2n) is 4.90. The Balaban J connectivity index is 1.69. The van der Waals surface area contributed by atoms with E-state index in [0.29, 0.717) is 11.1 Å². The van der Waals surface area contributed by atoms with Crippen LogP contribution < -0.4 is 5.32 Å². The Bertz CT molecular complexity index is 683. The molecule has 1 atom stereocenters. The zero-order valence-corrected chi connectivity index (χ0v) is 10.9. The summed E-state index contributed by atoms with van der Waals surface area (Å²) < 4.78 is 1.97. The predicted molar refractivity (Wildman–Crippen MR) is 73.0 cm³/mol. The van der Waals surface area contributed by atoms with Crippen molar-refractivity contribution in [2.75, 3.05) is 0 Å². The van der Waals surface area contributed by atoms with E-state index in [0.717, 1.165) is 25.1 Å². The van der Waals surface area contributed by atoms with Crippen molar-refractivity contribution < 1.29 is 4.79 Å². The van der Waals surface area contributed by atoms with Crippen LogP contribution in [0.4, 0.5) is 0 Å². The maximum atomic E-state index is 12.2. The molecule has 0 aliphatic carbocycles. The van der Waals surface area contributed by atoms with Crippen LogP contribution in [-0.2, 0) is 13.0 Å². The lowest BCUT2D eigenvalue weighted by molar-refractivity contribution is 0.0930. The zero-order valence-electron chi connectivity index (χ0n) is 10.9. The number of carbonyl (C=O) groups is 1. The number of hydrogen-bond acceptors (Lipinski definition) is 3. The van der Waals surface area contributed by atoms with Crippen molar-refractivity contribution in [3.63, 3.8) is 0 Å². The van der Waals surface area contributed by atoms with Crippen LogP contribution in [0, 0.1) is 11.3 Å². The van der Waals surface area contributed by atoms with Crippen molar-refractivity contribution in [3.05, 3.63) is 53.3 Å². The topological polar surface area (TPSA) is 70.7 Å². The highest BCUT2D eigenvalue weighted by molar-refractivity contribution is 5.94. The maximum Gasteiger partial charge on any atom is 0.251 e. The van der Waals surface area contributed by atoms with Gasteiger partial charge in [-0.15, -0.1) is 0 Å². The van der Waals surface area contributed by atoms with E-state index in [9.17, 15) is 4.79 Å². The highest BCUT2D eigenvalue weighted by Crippen LogP contribution is 2.14. The summed E-state index contributed by atoms with van der Waals surface area (Å²) >= 11 is 0. The average molecular weight is 266 g/mol. The van der Waals surface area contributed by atoms with Gasteiger partial charge < -0.3 is 5.32 Å². The molecular weight excluding hydrogens is 252 g/mol. The van der Waals surface area contributed by atoms with Crippen LogP contribution >= 0.6 is 0 Å². The summed E-state index contributed by atoms with van der Waals surface area (Å²) in [5.41, 5.74) is 2.18. The number of benzene rings is 1. The fraction of sp³-hybridized carbons (Fsp3) is 0.267. The lowest BCUT2D eigenvalue weighted by Crippen LogP contribution is -2.40. The van der Waals surface area contributed by atoms with Gasteiger partial charge in [0.25, 0.3) is 5.91 Å². The molecule has 0 bridgehead atoms. The Kier molecular flexibility index (Phi) is 3.21. The Labute approximate surface area is 116 Å². The lowest BCUT2D eigenvalue weighted by atomic mass is 10.0. The molecule has 0 saturated carbocycles. The monoisotopic (exact) mass is 266 g/mol. The molecular formula is C15H14N4O. The van der Waals surface area contributed by atoms with Crippen LogP contribution in [0.25, 0.3) is 0 Å². The van der Waals surface area contributed by atoms with Crippen molar-refractivity contribution in [1.29, 1.82) is 5.26 Å². The summed E-state index contributed by atoms with van der Waals surface area (Å²) in [5, 5.41) is 16.1. The molecule has 1 unspecified atom stereocenters. The van der Waals surface area contributed by atoms with Gasteiger partial charge in [-0.1, -0.05) is 6.07 Å². The number of aromatic nitrogens is 2. The first kappa shape index (κ1) is 12.4. The van der Waals surface area contributed by atoms with Gasteiger partial charge in [-0.3, -0.25) is 9.48 Å². The molecule has 1 N–H and O–H groups in total. The SMILES string of the molecule is N#Cc1cccc(C(=O)NC2CCn3nccc3C2)c1. The molecule has 0 saturated heterocycles. The summed E-state index contributed by atoms with van der Waals surface area (Å²) in [6, 6.07) is 10.9. The Morgan fingerprint density at radius 1 is 1.45 bits per heavy atom. The molecule has 2 heterocycles. The first-order valence-electron chi connectivity index (χ1n) is 6.58. The lowest BCUT2D eigenvalue weighted by Gasteiger charge is -2.24. The van der Waals surface area contributed by atoms with Crippen LogP contribution in [0.5, 0.6) is 0 Å². The van der Waals surface area contributed by atoms with Gasteiger partial charge in [0.2, 0.25) is 0 Å². The second kappa shape index (κ2) is 5.17. The normalized spacial score (nSPS) is 17.1. The minimum Gasteiger partial charge on any atom is -0.349 e. The molecule has 5 heteroatoms. The van der Waals surface area contributed by atoms with Crippen LogP contribution in [0.2, 0.25) is 0 Å². The fourth-order valence-electron chi connectivity index (χ4n) is 2.49. The first-order valence-corrected chi connectivity index (χ1v) is 6.58. The summed E-state index contributed by atoms with van der Waals surface area (Å²) in [4.78, 5) is 12.2. The molecule has 100 valence electrons. The number of fused-ring (bicyclic) bond motifs is 1. The van der Waals surface area contributed by atoms with Gasteiger partial charge in [-0.25, -0.2) is 0 Å². The van der Waals surface area contributed by atoms with E-state index < -0.39 is 0 Å². The quantitative estimate of drug-likeness (QED) is 0.895. The van der Waals surface area contributed by atoms with Crippen molar-refractivity contribution in [2.24, 2.45) is 0 Å². The average Bonchev–Trinajstić information content (AvgIpc) is 2.95. The van der Waals surface area contributed by atoms with Gasteiger partial charge in [0.05, 0.1) is 11.6 Å². The van der Waals surface area contributed by atoms with E-state index in [2.05, 4.69) is 10.4 Å². The maximum absolute atomic E-state index is 12.2. The van der Waals surface area contributed by atoms with Gasteiger partial charge in [0.15, 0.2) is 0 Å². The smallest absolute Gasteiger partial charge is 0.251 e. The molecule has 1 aliphatic rings. The minimum absolute atomic E-state index is 0.123. The molecule has 1 aromatic heterocycles. The second-order valence-corrected chi connectivity index (χ2v) is 4.90. The fourth-order valence-corrected chi connectivity index (χ4v) is 2.49. The molecule has 0 fully saturated rings. The van der Waals surface area contributed by atoms with Crippen LogP contribution in [0.15, 0.2) is 36.5 Å². The number of aryl methyl sites for hydroxylation is 1. The highest BCUT2D eigenvalue weighted by atomic mass is 16.1. The van der Waals surface area contributed by atoms with Crippen LogP contribution in [0.3, 0.4) is 0 Å². The Morgan fingerprint density at radius 3 is 3.20 bits per heavy atom. The number of rotatable bonds is 2. The van der Waals surface area contributed by atoms with E-state index in [-0.39, 0.29) is 11.9 Å². The Hall–Kier alpha value is -2.61. The summed E-state index contributed by atoms with van der Waals surface area (Å²) in [6.45, 7) is 0.825. The van der Waals surface area contributed by atoms with Crippen molar-refractivity contribution in [2.45, 2.75) is 25.4 Å². The van der Waals surface area contributed by atoms with Crippen molar-refractivity contribution >= 4 is 5.91 Å². The third-order valence-corrected chi connectivity index (χ3v) is 3.54. The van der Waals surface area contributed by atoms with E-state index in [1.165, 1.54) is 0 Å². The van der Waals surface area contributed by atoms with Crippen LogP contribution in [-0.4, -0.2) is 21.7 Å². The third-order valence-electron chi connectivity index (χ3n) is 3.54. The van der Waals surface area contributed by atoms with Crippen LogP contribution in [0.1, 0.15) is 28.0 Å². The molecule has 3 rings (SSSR count). The van der Waals surface area contributed by atoms with Gasteiger partial charge in [-0.05, 0) is 30.7 Å².